The minimum Gasteiger partial charge on any atom is -0.286 e. The Kier molecular flexibility index (Phi) is 5.57. The van der Waals surface area contributed by atoms with Crippen molar-refractivity contribution in [2.75, 3.05) is 0 Å². The largest absolute Gasteiger partial charge is 0.286 e. The second-order valence-electron chi connectivity index (χ2n) is 4.83. The summed E-state index contributed by atoms with van der Waals surface area (Å²) in [4.78, 5) is 0. The molecule has 2 aromatic rings. The van der Waals surface area contributed by atoms with Crippen LogP contribution in [0.4, 0.5) is 0 Å². The summed E-state index contributed by atoms with van der Waals surface area (Å²) >= 11 is 0. The van der Waals surface area contributed by atoms with Gasteiger partial charge >= 0.3 is 0 Å². The SMILES string of the molecule is CCC[C@H](C)NP(c1ccccc1)c1ccccc1. The molecular formula is C17H22NP. The molecule has 1 N–H and O–H groups in total. The Bertz CT molecular complexity index is 430. The average molecular weight is 271 g/mol. The molecule has 0 amide bonds. The number of hydrogen-bond acceptors (Lipinski definition) is 1. The lowest BCUT2D eigenvalue weighted by molar-refractivity contribution is 0.614. The molecule has 0 unspecified atom stereocenters. The van der Waals surface area contributed by atoms with E-state index in [-0.39, 0.29) is 0 Å². The molecule has 0 fully saturated rings. The van der Waals surface area contributed by atoms with Crippen molar-refractivity contribution < 1.29 is 0 Å². The van der Waals surface area contributed by atoms with Gasteiger partial charge in [0.05, 0.1) is 0 Å². The molecule has 2 heteroatoms. The van der Waals surface area contributed by atoms with Crippen LogP contribution in [0.15, 0.2) is 60.7 Å². The van der Waals surface area contributed by atoms with Gasteiger partial charge in [-0.2, -0.15) is 0 Å². The van der Waals surface area contributed by atoms with Crippen molar-refractivity contribution in [3.05, 3.63) is 60.7 Å². The number of rotatable bonds is 6. The molecule has 2 aromatic carbocycles. The van der Waals surface area contributed by atoms with Gasteiger partial charge in [-0.15, -0.1) is 0 Å². The van der Waals surface area contributed by atoms with Crippen LogP contribution in [0.3, 0.4) is 0 Å². The summed E-state index contributed by atoms with van der Waals surface area (Å²) in [5, 5.41) is 6.61. The molecule has 0 aliphatic carbocycles. The topological polar surface area (TPSA) is 12.0 Å². The van der Waals surface area contributed by atoms with E-state index in [2.05, 4.69) is 79.6 Å². The van der Waals surface area contributed by atoms with Crippen molar-refractivity contribution in [3.63, 3.8) is 0 Å². The van der Waals surface area contributed by atoms with Crippen molar-refractivity contribution in [2.45, 2.75) is 32.7 Å². The molecule has 0 aliphatic heterocycles. The van der Waals surface area contributed by atoms with Gasteiger partial charge in [0.15, 0.2) is 0 Å². The van der Waals surface area contributed by atoms with Crippen molar-refractivity contribution >= 4 is 18.7 Å². The molecule has 0 saturated carbocycles. The maximum absolute atomic E-state index is 3.82. The van der Waals surface area contributed by atoms with Crippen LogP contribution in [0.25, 0.3) is 0 Å². The fraction of sp³-hybridized carbons (Fsp3) is 0.294. The van der Waals surface area contributed by atoms with Crippen LogP contribution >= 0.6 is 8.07 Å². The maximum atomic E-state index is 3.82. The van der Waals surface area contributed by atoms with Gasteiger partial charge in [0.2, 0.25) is 0 Å². The number of nitrogens with one attached hydrogen (secondary N) is 1. The Morgan fingerprint density at radius 3 is 1.79 bits per heavy atom. The molecule has 0 saturated heterocycles. The van der Waals surface area contributed by atoms with Gasteiger partial charge in [0.25, 0.3) is 0 Å². The highest BCUT2D eigenvalue weighted by Crippen LogP contribution is 2.29. The van der Waals surface area contributed by atoms with E-state index in [1.807, 2.05) is 0 Å². The molecule has 1 atom stereocenters. The third-order valence-corrected chi connectivity index (χ3v) is 5.43. The Labute approximate surface area is 117 Å². The molecule has 0 aliphatic rings. The Morgan fingerprint density at radius 1 is 0.895 bits per heavy atom. The summed E-state index contributed by atoms with van der Waals surface area (Å²) < 4.78 is 0. The minimum absolute atomic E-state index is 0.452. The first kappa shape index (κ1) is 14.2. The zero-order valence-electron chi connectivity index (χ0n) is 11.7. The third kappa shape index (κ3) is 4.16. The summed E-state index contributed by atoms with van der Waals surface area (Å²) in [5.74, 6) is 0. The third-order valence-electron chi connectivity index (χ3n) is 3.10. The molecule has 0 radical (unpaired) electrons. The van der Waals surface area contributed by atoms with Crippen LogP contribution in [0.2, 0.25) is 0 Å². The first-order valence-electron chi connectivity index (χ1n) is 6.97. The Hall–Kier alpha value is -1.17. The van der Waals surface area contributed by atoms with E-state index in [1.54, 1.807) is 0 Å². The quantitative estimate of drug-likeness (QED) is 0.788. The Balaban J connectivity index is 2.24. The second-order valence-corrected chi connectivity index (χ2v) is 6.79. The lowest BCUT2D eigenvalue weighted by Crippen LogP contribution is -2.29. The summed E-state index contributed by atoms with van der Waals surface area (Å²) in [6.45, 7) is 4.52. The lowest BCUT2D eigenvalue weighted by Gasteiger charge is -2.24. The monoisotopic (exact) mass is 271 g/mol. The fourth-order valence-electron chi connectivity index (χ4n) is 2.17. The lowest BCUT2D eigenvalue weighted by atomic mass is 10.2. The first-order valence-corrected chi connectivity index (χ1v) is 8.32. The number of benzene rings is 2. The van der Waals surface area contributed by atoms with Gasteiger partial charge in [-0.05, 0) is 24.0 Å². The zero-order valence-corrected chi connectivity index (χ0v) is 12.6. The van der Waals surface area contributed by atoms with E-state index >= 15 is 0 Å². The average Bonchev–Trinajstić information content (AvgIpc) is 2.47. The summed E-state index contributed by atoms with van der Waals surface area (Å²) in [7, 11) is -0.452. The molecular weight excluding hydrogens is 249 g/mol. The highest BCUT2D eigenvalue weighted by molar-refractivity contribution is 7.71. The maximum Gasteiger partial charge on any atom is 0.0255 e. The molecule has 2 rings (SSSR count). The molecule has 0 bridgehead atoms. The molecule has 0 spiro atoms. The molecule has 19 heavy (non-hydrogen) atoms. The van der Waals surface area contributed by atoms with E-state index in [0.717, 1.165) is 0 Å². The zero-order chi connectivity index (χ0) is 13.5. The molecule has 1 nitrogen and oxygen atoms in total. The van der Waals surface area contributed by atoms with E-state index in [4.69, 9.17) is 0 Å². The molecule has 0 heterocycles. The summed E-state index contributed by atoms with van der Waals surface area (Å²) in [5.41, 5.74) is 0. The highest BCUT2D eigenvalue weighted by Gasteiger charge is 2.15. The predicted octanol–water partition coefficient (Wildman–Crippen LogP) is 3.81. The standard InChI is InChI=1S/C17H22NP/c1-3-10-15(2)18-19(16-11-6-4-7-12-16)17-13-8-5-9-14-17/h4-9,11-15,18H,3,10H2,1-2H3/t15-/m0/s1. The van der Waals surface area contributed by atoms with E-state index in [0.29, 0.717) is 6.04 Å². The van der Waals surface area contributed by atoms with Gasteiger partial charge in [-0.3, -0.25) is 5.09 Å². The van der Waals surface area contributed by atoms with Crippen molar-refractivity contribution in [1.82, 2.24) is 5.09 Å². The van der Waals surface area contributed by atoms with Crippen molar-refractivity contribution in [2.24, 2.45) is 0 Å². The minimum atomic E-state index is -0.452. The summed E-state index contributed by atoms with van der Waals surface area (Å²) in [6, 6.07) is 22.1. The molecule has 100 valence electrons. The number of hydrogen-bond donors (Lipinski definition) is 1. The molecule has 0 aromatic heterocycles. The van der Waals surface area contributed by atoms with Crippen LogP contribution in [0.5, 0.6) is 0 Å². The first-order chi connectivity index (χ1) is 9.31. The van der Waals surface area contributed by atoms with Crippen LogP contribution in [-0.4, -0.2) is 6.04 Å². The smallest absolute Gasteiger partial charge is 0.0255 e. The fourth-order valence-corrected chi connectivity index (χ4v) is 4.28. The highest BCUT2D eigenvalue weighted by atomic mass is 31.1. The van der Waals surface area contributed by atoms with E-state index in [1.165, 1.54) is 23.5 Å². The van der Waals surface area contributed by atoms with Crippen LogP contribution in [0.1, 0.15) is 26.7 Å². The van der Waals surface area contributed by atoms with Crippen LogP contribution in [0, 0.1) is 0 Å². The predicted molar refractivity (Wildman–Crippen MR) is 86.6 cm³/mol. The Morgan fingerprint density at radius 2 is 1.37 bits per heavy atom. The van der Waals surface area contributed by atoms with Gasteiger partial charge in [0.1, 0.15) is 0 Å². The van der Waals surface area contributed by atoms with Crippen molar-refractivity contribution in [3.8, 4) is 0 Å². The van der Waals surface area contributed by atoms with Gasteiger partial charge in [-0.1, -0.05) is 74.0 Å². The van der Waals surface area contributed by atoms with Gasteiger partial charge in [-0.25, -0.2) is 0 Å². The van der Waals surface area contributed by atoms with E-state index in [9.17, 15) is 0 Å². The normalized spacial score (nSPS) is 12.6. The van der Waals surface area contributed by atoms with Crippen LogP contribution in [-0.2, 0) is 0 Å². The summed E-state index contributed by atoms with van der Waals surface area (Å²) in [6.07, 6.45) is 2.44. The second kappa shape index (κ2) is 7.43. The van der Waals surface area contributed by atoms with Crippen molar-refractivity contribution in [1.29, 1.82) is 0 Å². The van der Waals surface area contributed by atoms with Crippen LogP contribution < -0.4 is 15.7 Å². The van der Waals surface area contributed by atoms with Gasteiger partial charge < -0.3 is 0 Å². The van der Waals surface area contributed by atoms with E-state index < -0.39 is 8.07 Å². The van der Waals surface area contributed by atoms with Gasteiger partial charge in [0, 0.05) is 14.1 Å².